The summed E-state index contributed by atoms with van der Waals surface area (Å²) >= 11 is 16.9. The van der Waals surface area contributed by atoms with E-state index in [-0.39, 0.29) is 0 Å². The average Bonchev–Trinajstić information content (AvgIpc) is 2.58. The number of halogens is 5. The lowest BCUT2D eigenvalue weighted by Gasteiger charge is -2.37. The zero-order valence-electron chi connectivity index (χ0n) is 14.5. The van der Waals surface area contributed by atoms with Crippen LogP contribution in [0.1, 0.15) is 44.1 Å². The van der Waals surface area contributed by atoms with Gasteiger partial charge in [0.15, 0.2) is 0 Å². The molecule has 2 aromatic carbocycles. The molecule has 2 nitrogen and oxygen atoms in total. The van der Waals surface area contributed by atoms with E-state index in [2.05, 4.69) is 79.6 Å². The first-order valence-electron chi connectivity index (χ1n) is 8.51. The summed E-state index contributed by atoms with van der Waals surface area (Å²) in [5.74, 6) is 0.435. The second-order valence-electron chi connectivity index (χ2n) is 6.46. The van der Waals surface area contributed by atoms with Gasteiger partial charge in [-0.15, -0.1) is 0 Å². The number of carbonyl (C=O) groups is 1. The van der Waals surface area contributed by atoms with Crippen molar-refractivity contribution in [1.82, 2.24) is 0 Å². The Bertz CT molecular complexity index is 797. The molecule has 2 aliphatic rings. The fourth-order valence-corrected chi connectivity index (χ4v) is 4.70. The van der Waals surface area contributed by atoms with Gasteiger partial charge in [-0.05, 0) is 99.5 Å². The van der Waals surface area contributed by atoms with Crippen LogP contribution in [0.4, 0.5) is 0 Å². The Kier molecular flexibility index (Phi) is 9.69. The summed E-state index contributed by atoms with van der Waals surface area (Å²) in [6.45, 7) is 0. The minimum Gasteiger partial charge on any atom is -0.385 e. The summed E-state index contributed by atoms with van der Waals surface area (Å²) < 4.78 is 5.24. The molecule has 0 aliphatic heterocycles. The number of aliphatic hydroxyl groups is 1. The van der Waals surface area contributed by atoms with Crippen molar-refractivity contribution < 1.29 is 9.90 Å². The van der Waals surface area contributed by atoms with Crippen molar-refractivity contribution in [3.63, 3.8) is 0 Å². The van der Waals surface area contributed by atoms with E-state index >= 15 is 0 Å². The molecule has 27 heavy (non-hydrogen) atoms. The van der Waals surface area contributed by atoms with Crippen molar-refractivity contribution in [1.29, 1.82) is 0 Å². The van der Waals surface area contributed by atoms with Gasteiger partial charge in [0.05, 0.1) is 5.60 Å². The molecule has 0 saturated heterocycles. The number of hydrogen-bond acceptors (Lipinski definition) is 2. The Morgan fingerprint density at radius 2 is 1.26 bits per heavy atom. The highest BCUT2D eigenvalue weighted by molar-refractivity contribution is 9.13. The van der Waals surface area contributed by atoms with E-state index < -0.39 is 5.60 Å². The summed E-state index contributed by atoms with van der Waals surface area (Å²) in [4.78, 5) is 9.90. The maximum absolute atomic E-state index is 10.1. The molecule has 2 fully saturated rings. The molecule has 0 amide bonds. The van der Waals surface area contributed by atoms with Gasteiger partial charge in [0.2, 0.25) is 0 Å². The molecule has 0 bridgehead atoms. The van der Waals surface area contributed by atoms with Crippen molar-refractivity contribution >= 4 is 85.4 Å². The molecule has 0 radical (unpaired) electrons. The second kappa shape index (κ2) is 11.0. The van der Waals surface area contributed by atoms with E-state index in [0.717, 1.165) is 66.5 Å². The molecular formula is C20H19Br5O2. The Balaban J connectivity index is 0.000000161. The fourth-order valence-electron chi connectivity index (χ4n) is 2.43. The quantitative estimate of drug-likeness (QED) is 0.306. The predicted molar refractivity (Wildman–Crippen MR) is 128 cm³/mol. The lowest BCUT2D eigenvalue weighted by atomic mass is 9.75. The molecule has 2 aromatic rings. The third kappa shape index (κ3) is 7.34. The minimum absolute atomic E-state index is 0.435. The highest BCUT2D eigenvalue weighted by atomic mass is 79.9. The topological polar surface area (TPSA) is 37.3 Å². The Labute approximate surface area is 202 Å². The molecule has 7 heteroatoms. The van der Waals surface area contributed by atoms with Crippen LogP contribution in [-0.4, -0.2) is 10.9 Å². The Morgan fingerprint density at radius 3 is 1.63 bits per heavy atom. The maximum atomic E-state index is 10.1. The van der Waals surface area contributed by atoms with Crippen molar-refractivity contribution in [2.45, 2.75) is 44.1 Å². The van der Waals surface area contributed by atoms with Crippen LogP contribution in [0, 0.1) is 0 Å². The molecule has 0 unspecified atom stereocenters. The first-order chi connectivity index (χ1) is 12.7. The van der Waals surface area contributed by atoms with E-state index in [1.54, 1.807) is 0 Å². The van der Waals surface area contributed by atoms with Gasteiger partial charge < -0.3 is 5.11 Å². The summed E-state index contributed by atoms with van der Waals surface area (Å²) in [5.41, 5.74) is 0.427. The van der Waals surface area contributed by atoms with Gasteiger partial charge in [0.1, 0.15) is 5.78 Å². The van der Waals surface area contributed by atoms with Crippen molar-refractivity contribution in [3.8, 4) is 0 Å². The first-order valence-corrected chi connectivity index (χ1v) is 12.5. The van der Waals surface area contributed by atoms with Crippen LogP contribution in [0.15, 0.2) is 58.8 Å². The standard InChI is InChI=1S/C10H10Br2O.C6H3Br3.C4H6O/c11-7-2-3-9(12)8(6-7)10(13)4-1-5-10;7-4-1-2-5(8)6(9)3-4;5-4-2-1-3-4/h2-3,6,13H,1,4-5H2;1-3H;1-3H2. The summed E-state index contributed by atoms with van der Waals surface area (Å²) in [6, 6.07) is 11.9. The van der Waals surface area contributed by atoms with Gasteiger partial charge >= 0.3 is 0 Å². The van der Waals surface area contributed by atoms with E-state index in [0.29, 0.717) is 5.78 Å². The molecule has 0 spiro atoms. The fraction of sp³-hybridized carbons (Fsp3) is 0.350. The number of benzene rings is 2. The summed E-state index contributed by atoms with van der Waals surface area (Å²) in [6.07, 6.45) is 5.71. The third-order valence-electron chi connectivity index (χ3n) is 4.40. The van der Waals surface area contributed by atoms with Crippen LogP contribution in [-0.2, 0) is 10.4 Å². The van der Waals surface area contributed by atoms with Crippen LogP contribution in [0.25, 0.3) is 0 Å². The Hall–Kier alpha value is 0.470. The van der Waals surface area contributed by atoms with Gasteiger partial charge in [-0.3, -0.25) is 4.79 Å². The van der Waals surface area contributed by atoms with Crippen molar-refractivity contribution in [3.05, 3.63) is 64.3 Å². The molecule has 0 atom stereocenters. The number of Topliss-reactive ketones (excluding diaryl/α,β-unsaturated/α-hetero) is 1. The van der Waals surface area contributed by atoms with E-state index in [9.17, 15) is 9.90 Å². The average molecular weight is 691 g/mol. The third-order valence-corrected chi connectivity index (χ3v) is 7.96. The van der Waals surface area contributed by atoms with E-state index in [1.807, 2.05) is 36.4 Å². The highest BCUT2D eigenvalue weighted by Gasteiger charge is 2.37. The lowest BCUT2D eigenvalue weighted by molar-refractivity contribution is -0.123. The number of carbonyl (C=O) groups excluding carboxylic acids is 1. The normalized spacial score (nSPS) is 16.7. The Morgan fingerprint density at radius 1 is 0.741 bits per heavy atom. The van der Waals surface area contributed by atoms with Crippen LogP contribution >= 0.6 is 79.6 Å². The van der Waals surface area contributed by atoms with Crippen LogP contribution in [0.3, 0.4) is 0 Å². The molecule has 4 rings (SSSR count). The van der Waals surface area contributed by atoms with Gasteiger partial charge in [0, 0.05) is 35.2 Å². The smallest absolute Gasteiger partial charge is 0.132 e. The predicted octanol–water partition coefficient (Wildman–Crippen LogP) is 8.30. The minimum atomic E-state index is -0.581. The monoisotopic (exact) mass is 686 g/mol. The molecule has 2 aliphatic carbocycles. The molecule has 0 aromatic heterocycles. The first kappa shape index (κ1) is 23.7. The van der Waals surface area contributed by atoms with Gasteiger partial charge in [-0.1, -0.05) is 47.8 Å². The van der Waals surface area contributed by atoms with Crippen molar-refractivity contribution in [2.24, 2.45) is 0 Å². The highest BCUT2D eigenvalue weighted by Crippen LogP contribution is 2.44. The maximum Gasteiger partial charge on any atom is 0.132 e. The summed E-state index contributed by atoms with van der Waals surface area (Å²) in [5, 5.41) is 10.1. The number of rotatable bonds is 1. The zero-order chi connectivity index (χ0) is 20.0. The largest absolute Gasteiger partial charge is 0.385 e. The van der Waals surface area contributed by atoms with Crippen molar-refractivity contribution in [2.75, 3.05) is 0 Å². The van der Waals surface area contributed by atoms with Crippen LogP contribution < -0.4 is 0 Å². The molecule has 0 heterocycles. The van der Waals surface area contributed by atoms with Crippen LogP contribution in [0.2, 0.25) is 0 Å². The second-order valence-corrected chi connectivity index (χ2v) is 10.9. The van der Waals surface area contributed by atoms with E-state index in [1.165, 1.54) is 0 Å². The van der Waals surface area contributed by atoms with Crippen LogP contribution in [0.5, 0.6) is 0 Å². The van der Waals surface area contributed by atoms with Gasteiger partial charge in [0.25, 0.3) is 0 Å². The van der Waals surface area contributed by atoms with E-state index in [4.69, 9.17) is 0 Å². The summed E-state index contributed by atoms with van der Waals surface area (Å²) in [7, 11) is 0. The number of ketones is 1. The molecular weight excluding hydrogens is 672 g/mol. The molecule has 1 N–H and O–H groups in total. The number of hydrogen-bond donors (Lipinski definition) is 1. The molecule has 2 saturated carbocycles. The van der Waals surface area contributed by atoms with Gasteiger partial charge in [-0.2, -0.15) is 0 Å². The molecule has 146 valence electrons. The van der Waals surface area contributed by atoms with Gasteiger partial charge in [-0.25, -0.2) is 0 Å². The SMILES string of the molecule is Brc1ccc(Br)c(Br)c1.O=C1CCC1.OC1(c2cc(Br)ccc2Br)CCC1. The zero-order valence-corrected chi connectivity index (χ0v) is 22.4. The lowest BCUT2D eigenvalue weighted by Crippen LogP contribution is -2.33.